The van der Waals surface area contributed by atoms with E-state index in [4.69, 9.17) is 15.1 Å². The third kappa shape index (κ3) is 2.89. The first-order chi connectivity index (χ1) is 10.4. The first-order valence-electron chi connectivity index (χ1n) is 7.08. The predicted molar refractivity (Wildman–Crippen MR) is 74.0 cm³/mol. The van der Waals surface area contributed by atoms with Crippen molar-refractivity contribution in [2.24, 2.45) is 10.9 Å². The van der Waals surface area contributed by atoms with Gasteiger partial charge in [0.1, 0.15) is 6.10 Å². The molecule has 3 heterocycles. The molecule has 3 N–H and O–H groups in total. The normalized spacial score (nSPS) is 31.5. The number of fused-ring (bicyclic) bond motifs is 2. The van der Waals surface area contributed by atoms with Crippen molar-refractivity contribution in [1.29, 1.82) is 0 Å². The Morgan fingerprint density at radius 1 is 1.45 bits per heavy atom. The second-order valence-corrected chi connectivity index (χ2v) is 6.61. The van der Waals surface area contributed by atoms with Crippen LogP contribution in [-0.4, -0.2) is 66.0 Å². The van der Waals surface area contributed by atoms with Crippen LogP contribution in [0.15, 0.2) is 5.16 Å². The van der Waals surface area contributed by atoms with E-state index in [1.807, 2.05) is 0 Å². The van der Waals surface area contributed by atoms with Gasteiger partial charge in [-0.25, -0.2) is 4.79 Å². The summed E-state index contributed by atoms with van der Waals surface area (Å²) in [6.45, 7) is 0.832. The van der Waals surface area contributed by atoms with Crippen LogP contribution in [0, 0.1) is 0 Å². The Hall–Kier alpha value is -1.43. The molecular weight excluding hydrogens is 316 g/mol. The zero-order chi connectivity index (χ0) is 15.9. The van der Waals surface area contributed by atoms with Gasteiger partial charge in [0.25, 0.3) is 0 Å². The Kier molecular flexibility index (Phi) is 3.97. The molecule has 11 heteroatoms. The maximum atomic E-state index is 12.3. The van der Waals surface area contributed by atoms with E-state index in [1.54, 1.807) is 0 Å². The number of piperidine rings is 1. The summed E-state index contributed by atoms with van der Waals surface area (Å²) in [7, 11) is -4.72. The van der Waals surface area contributed by atoms with Crippen molar-refractivity contribution in [1.82, 2.24) is 9.96 Å². The molecule has 0 aromatic rings. The number of carbonyl (C=O) groups excluding carboxylic acids is 1. The molecule has 2 amide bonds. The van der Waals surface area contributed by atoms with Crippen molar-refractivity contribution >= 4 is 22.1 Å². The van der Waals surface area contributed by atoms with Crippen molar-refractivity contribution < 1.29 is 26.9 Å². The van der Waals surface area contributed by atoms with Gasteiger partial charge in [-0.05, 0) is 25.8 Å². The van der Waals surface area contributed by atoms with Gasteiger partial charge in [-0.15, -0.1) is 4.28 Å². The molecule has 22 heavy (non-hydrogen) atoms. The van der Waals surface area contributed by atoms with Gasteiger partial charge in [-0.3, -0.25) is 4.55 Å². The summed E-state index contributed by atoms with van der Waals surface area (Å²) in [5.41, 5.74) is 6.26. The fraction of sp³-hybridized carbons (Fsp3) is 0.818. The van der Waals surface area contributed by atoms with Crippen LogP contribution in [0.1, 0.15) is 25.7 Å². The number of amides is 2. The van der Waals surface area contributed by atoms with Gasteiger partial charge in [0.15, 0.2) is 0 Å². The number of urea groups is 1. The first-order valence-corrected chi connectivity index (χ1v) is 8.45. The highest BCUT2D eigenvalue weighted by atomic mass is 32.3. The Balaban J connectivity index is 1.70. The number of oxime groups is 1. The molecule has 3 atom stereocenters. The molecule has 3 rings (SSSR count). The van der Waals surface area contributed by atoms with Crippen LogP contribution in [0.25, 0.3) is 0 Å². The lowest BCUT2D eigenvalue weighted by molar-refractivity contribution is -0.0316. The first kappa shape index (κ1) is 15.5. The van der Waals surface area contributed by atoms with Gasteiger partial charge < -0.3 is 15.5 Å². The van der Waals surface area contributed by atoms with Crippen molar-refractivity contribution in [2.45, 2.75) is 43.9 Å². The fourth-order valence-corrected chi connectivity index (χ4v) is 3.55. The van der Waals surface area contributed by atoms with Crippen molar-refractivity contribution in [2.75, 3.05) is 13.1 Å². The summed E-state index contributed by atoms with van der Waals surface area (Å²) < 4.78 is 34.8. The lowest BCUT2D eigenvalue weighted by Gasteiger charge is -2.29. The largest absolute Gasteiger partial charge is 0.418 e. The second-order valence-electron chi connectivity index (χ2n) is 5.60. The van der Waals surface area contributed by atoms with Crippen molar-refractivity contribution in [3.8, 4) is 0 Å². The van der Waals surface area contributed by atoms with E-state index in [9.17, 15) is 13.2 Å². The molecule has 10 nitrogen and oxygen atoms in total. The smallest absolute Gasteiger partial charge is 0.392 e. The van der Waals surface area contributed by atoms with Crippen LogP contribution < -0.4 is 5.73 Å². The highest BCUT2D eigenvalue weighted by Gasteiger charge is 2.49. The molecule has 0 aromatic carbocycles. The van der Waals surface area contributed by atoms with Crippen molar-refractivity contribution in [3.05, 3.63) is 0 Å². The van der Waals surface area contributed by atoms with E-state index >= 15 is 0 Å². The van der Waals surface area contributed by atoms with E-state index in [0.717, 1.165) is 10.8 Å². The third-order valence-corrected chi connectivity index (χ3v) is 4.48. The molecule has 124 valence electrons. The average molecular weight is 334 g/mol. The lowest BCUT2D eigenvalue weighted by atomic mass is 9.94. The summed E-state index contributed by atoms with van der Waals surface area (Å²) in [5, 5.41) is 4.78. The average Bonchev–Trinajstić information content (AvgIpc) is 2.99. The van der Waals surface area contributed by atoms with Gasteiger partial charge in [-0.2, -0.15) is 13.5 Å². The van der Waals surface area contributed by atoms with Crippen LogP contribution in [0.5, 0.6) is 0 Å². The summed E-state index contributed by atoms with van der Waals surface area (Å²) in [4.78, 5) is 19.1. The lowest BCUT2D eigenvalue weighted by Crippen LogP contribution is -2.45. The second kappa shape index (κ2) is 5.65. The standard InChI is InChI=1S/C11H18N4O6S/c12-4-3-8-5-9(13-20-8)10-2-1-7-6-14(10)11(16)15(7)21-22(17,18)19/h7-8,10H,1-6,12H2,(H,17,18,19)/t7-,8?,10+/m1/s1. The zero-order valence-corrected chi connectivity index (χ0v) is 12.6. The minimum absolute atomic E-state index is 0.0689. The van der Waals surface area contributed by atoms with Gasteiger partial charge >= 0.3 is 16.4 Å². The molecule has 1 unspecified atom stereocenters. The van der Waals surface area contributed by atoms with Crippen molar-refractivity contribution in [3.63, 3.8) is 0 Å². The fourth-order valence-electron chi connectivity index (χ4n) is 3.17. The highest BCUT2D eigenvalue weighted by Crippen LogP contribution is 2.33. The van der Waals surface area contributed by atoms with E-state index in [-0.39, 0.29) is 12.1 Å². The van der Waals surface area contributed by atoms with Gasteiger partial charge in [0.2, 0.25) is 0 Å². The number of nitrogens with zero attached hydrogens (tertiary/aromatic N) is 3. The van der Waals surface area contributed by atoms with Gasteiger partial charge in [-0.1, -0.05) is 5.16 Å². The highest BCUT2D eigenvalue weighted by molar-refractivity contribution is 7.80. The Morgan fingerprint density at radius 3 is 2.91 bits per heavy atom. The molecular formula is C11H18N4O6S. The molecule has 0 saturated carbocycles. The molecule has 0 aromatic heterocycles. The molecule has 0 aliphatic carbocycles. The number of hydrogen-bond acceptors (Lipinski definition) is 7. The zero-order valence-electron chi connectivity index (χ0n) is 11.8. The van der Waals surface area contributed by atoms with Crippen LogP contribution in [-0.2, 0) is 19.5 Å². The summed E-state index contributed by atoms with van der Waals surface area (Å²) >= 11 is 0. The number of hydroxylamine groups is 2. The van der Waals surface area contributed by atoms with Gasteiger partial charge in [0.05, 0.1) is 17.8 Å². The van der Waals surface area contributed by atoms with E-state index < -0.39 is 22.5 Å². The molecule has 2 saturated heterocycles. The third-order valence-electron chi connectivity index (χ3n) is 4.13. The molecule has 2 fully saturated rings. The van der Waals surface area contributed by atoms with Crippen LogP contribution in [0.2, 0.25) is 0 Å². The minimum Gasteiger partial charge on any atom is -0.392 e. The molecule has 3 aliphatic heterocycles. The quantitative estimate of drug-likeness (QED) is 0.646. The maximum absolute atomic E-state index is 12.3. The molecule has 2 bridgehead atoms. The number of rotatable bonds is 5. The Bertz CT molecular complexity index is 593. The number of nitrogens with two attached hydrogens (primary N) is 1. The maximum Gasteiger partial charge on any atom is 0.418 e. The molecule has 3 aliphatic rings. The van der Waals surface area contributed by atoms with E-state index in [1.165, 1.54) is 4.90 Å². The summed E-state index contributed by atoms with van der Waals surface area (Å²) in [6.07, 6.45) is 2.42. The monoisotopic (exact) mass is 334 g/mol. The topological polar surface area (TPSA) is 135 Å². The predicted octanol–water partition coefficient (Wildman–Crippen LogP) is -0.517. The van der Waals surface area contributed by atoms with Crippen LogP contribution >= 0.6 is 0 Å². The van der Waals surface area contributed by atoms with Crippen LogP contribution in [0.3, 0.4) is 0 Å². The Morgan fingerprint density at radius 2 is 2.23 bits per heavy atom. The minimum atomic E-state index is -4.72. The molecule has 0 radical (unpaired) electrons. The van der Waals surface area contributed by atoms with E-state index in [2.05, 4.69) is 9.44 Å². The summed E-state index contributed by atoms with van der Waals surface area (Å²) in [6, 6.07) is -1.22. The Labute approximate surface area is 127 Å². The molecule has 0 spiro atoms. The van der Waals surface area contributed by atoms with Gasteiger partial charge in [0, 0.05) is 13.0 Å². The van der Waals surface area contributed by atoms with E-state index in [0.29, 0.717) is 38.8 Å². The SMILES string of the molecule is NCCC1CC([C@@H]2CC[C@@H]3CN2C(=O)N3OS(=O)(=O)O)=NO1. The number of hydrogen-bond donors (Lipinski definition) is 2. The van der Waals surface area contributed by atoms with Crippen LogP contribution in [0.4, 0.5) is 4.79 Å². The summed E-state index contributed by atoms with van der Waals surface area (Å²) in [5.74, 6) is 0. The number of carbonyl (C=O) groups is 1.